The van der Waals surface area contributed by atoms with E-state index in [1.54, 1.807) is 6.07 Å². The molecule has 1 aromatic heterocycles. The maximum atomic E-state index is 12.0. The normalized spacial score (nSPS) is 11.9. The number of nitrogens with one attached hydrogen (secondary N) is 1. The number of methoxy groups -OCH3 is 1. The number of rotatable bonds is 7. The summed E-state index contributed by atoms with van der Waals surface area (Å²) >= 11 is 1.34. The Morgan fingerprint density at radius 1 is 1.53 bits per heavy atom. The Morgan fingerprint density at radius 3 is 2.74 bits per heavy atom. The summed E-state index contributed by atoms with van der Waals surface area (Å²) in [6.45, 7) is 3.95. The fourth-order valence-corrected chi connectivity index (χ4v) is 2.65. The van der Waals surface area contributed by atoms with Gasteiger partial charge in [-0.1, -0.05) is 13.3 Å². The van der Waals surface area contributed by atoms with E-state index in [1.165, 1.54) is 18.4 Å². The Balaban J connectivity index is 2.66. The smallest absolute Gasteiger partial charge is 0.308 e. The van der Waals surface area contributed by atoms with Crippen LogP contribution < -0.4 is 10.1 Å². The summed E-state index contributed by atoms with van der Waals surface area (Å²) in [5.74, 6) is -1.17. The van der Waals surface area contributed by atoms with Crippen molar-refractivity contribution < 1.29 is 19.4 Å². The first-order chi connectivity index (χ1) is 8.99. The van der Waals surface area contributed by atoms with Gasteiger partial charge in [0, 0.05) is 11.4 Å². The fraction of sp³-hybridized carbons (Fsp3) is 0.538. The van der Waals surface area contributed by atoms with Crippen molar-refractivity contribution in [3.8, 4) is 5.75 Å². The van der Waals surface area contributed by atoms with Gasteiger partial charge in [-0.25, -0.2) is 0 Å². The topological polar surface area (TPSA) is 75.6 Å². The molecule has 0 saturated heterocycles. The molecule has 0 aliphatic carbocycles. The summed E-state index contributed by atoms with van der Waals surface area (Å²) < 4.78 is 5.12. The van der Waals surface area contributed by atoms with Crippen molar-refractivity contribution in [2.45, 2.75) is 26.7 Å². The third-order valence-corrected chi connectivity index (χ3v) is 3.77. The minimum Gasteiger partial charge on any atom is -0.495 e. The van der Waals surface area contributed by atoms with Crippen molar-refractivity contribution in [1.82, 2.24) is 5.32 Å². The second-order valence-electron chi connectivity index (χ2n) is 4.29. The molecular weight excluding hydrogens is 266 g/mol. The molecular formula is C13H19NO4S. The minimum atomic E-state index is -0.878. The molecule has 1 heterocycles. The van der Waals surface area contributed by atoms with Crippen LogP contribution in [0.1, 0.15) is 34.3 Å². The molecule has 2 N–H and O–H groups in total. The van der Waals surface area contributed by atoms with Gasteiger partial charge in [0.05, 0.1) is 13.0 Å². The second-order valence-corrected chi connectivity index (χ2v) is 5.54. The number of hydrogen-bond donors (Lipinski definition) is 2. The highest BCUT2D eigenvalue weighted by atomic mass is 32.1. The molecule has 1 unspecified atom stereocenters. The lowest BCUT2D eigenvalue weighted by Gasteiger charge is -2.12. The number of carboxylic acids is 1. The van der Waals surface area contributed by atoms with Gasteiger partial charge < -0.3 is 15.2 Å². The van der Waals surface area contributed by atoms with Crippen molar-refractivity contribution in [3.05, 3.63) is 15.8 Å². The molecule has 0 radical (unpaired) electrons. The van der Waals surface area contributed by atoms with Gasteiger partial charge in [-0.15, -0.1) is 11.3 Å². The lowest BCUT2D eigenvalue weighted by molar-refractivity contribution is -0.141. The molecule has 0 fully saturated rings. The molecule has 0 spiro atoms. The number of carboxylic acid groups (broad SMARTS) is 1. The van der Waals surface area contributed by atoms with Crippen LogP contribution in [-0.4, -0.2) is 30.6 Å². The van der Waals surface area contributed by atoms with Crippen LogP contribution in [0.5, 0.6) is 5.75 Å². The van der Waals surface area contributed by atoms with Gasteiger partial charge in [0.2, 0.25) is 0 Å². The molecule has 106 valence electrons. The van der Waals surface area contributed by atoms with Crippen molar-refractivity contribution in [1.29, 1.82) is 0 Å². The molecule has 1 amide bonds. The zero-order valence-corrected chi connectivity index (χ0v) is 12.2. The fourth-order valence-electron chi connectivity index (χ4n) is 1.76. The van der Waals surface area contributed by atoms with Crippen LogP contribution in [0.3, 0.4) is 0 Å². The molecule has 0 saturated carbocycles. The van der Waals surface area contributed by atoms with Crippen LogP contribution >= 0.6 is 11.3 Å². The van der Waals surface area contributed by atoms with Crippen LogP contribution in [0, 0.1) is 12.8 Å². The van der Waals surface area contributed by atoms with Crippen molar-refractivity contribution in [3.63, 3.8) is 0 Å². The number of aliphatic carboxylic acids is 1. The third-order valence-electron chi connectivity index (χ3n) is 2.74. The quantitative estimate of drug-likeness (QED) is 0.806. The first kappa shape index (κ1) is 15.5. The number of hydrogen-bond acceptors (Lipinski definition) is 4. The van der Waals surface area contributed by atoms with Crippen molar-refractivity contribution >= 4 is 23.2 Å². The van der Waals surface area contributed by atoms with Gasteiger partial charge >= 0.3 is 5.97 Å². The Morgan fingerprint density at radius 2 is 2.21 bits per heavy atom. The van der Waals surface area contributed by atoms with Gasteiger partial charge in [0.25, 0.3) is 5.91 Å². The van der Waals surface area contributed by atoms with E-state index in [1.807, 2.05) is 13.8 Å². The Kier molecular flexibility index (Phi) is 5.82. The van der Waals surface area contributed by atoms with Crippen LogP contribution in [0.25, 0.3) is 0 Å². The lowest BCUT2D eigenvalue weighted by Crippen LogP contribution is -2.32. The average molecular weight is 285 g/mol. The standard InChI is InChI=1S/C13H19NO4S/c1-4-5-9(13(16)17)7-14-12(15)11-10(18-3)6-8(2)19-11/h6,9H,4-5,7H2,1-3H3,(H,14,15)(H,16,17). The number of thiophene rings is 1. The largest absolute Gasteiger partial charge is 0.495 e. The summed E-state index contributed by atoms with van der Waals surface area (Å²) in [7, 11) is 1.51. The van der Waals surface area contributed by atoms with Crippen LogP contribution in [-0.2, 0) is 4.79 Å². The van der Waals surface area contributed by atoms with E-state index in [-0.39, 0.29) is 12.5 Å². The van der Waals surface area contributed by atoms with E-state index in [0.29, 0.717) is 17.0 Å². The van der Waals surface area contributed by atoms with Gasteiger partial charge in [-0.3, -0.25) is 9.59 Å². The summed E-state index contributed by atoms with van der Waals surface area (Å²) in [6.07, 6.45) is 1.32. The zero-order chi connectivity index (χ0) is 14.4. The first-order valence-corrected chi connectivity index (χ1v) is 6.96. The van der Waals surface area contributed by atoms with Crippen LogP contribution in [0.15, 0.2) is 6.07 Å². The summed E-state index contributed by atoms with van der Waals surface area (Å²) in [6, 6.07) is 1.79. The highest BCUT2D eigenvalue weighted by Gasteiger charge is 2.20. The predicted octanol–water partition coefficient (Wildman–Crippen LogP) is 2.30. The molecule has 1 rings (SSSR count). The predicted molar refractivity (Wildman–Crippen MR) is 74.0 cm³/mol. The number of ether oxygens (including phenoxy) is 1. The third kappa shape index (κ3) is 4.24. The molecule has 1 aromatic rings. The molecule has 0 bridgehead atoms. The van der Waals surface area contributed by atoms with Gasteiger partial charge in [0.1, 0.15) is 10.6 Å². The summed E-state index contributed by atoms with van der Waals surface area (Å²) in [5.41, 5.74) is 0. The Bertz CT molecular complexity index is 455. The SMILES string of the molecule is CCCC(CNC(=O)c1sc(C)cc1OC)C(=O)O. The molecule has 6 heteroatoms. The van der Waals surface area contributed by atoms with E-state index in [2.05, 4.69) is 5.32 Å². The lowest BCUT2D eigenvalue weighted by atomic mass is 10.0. The number of amides is 1. The van der Waals surface area contributed by atoms with Gasteiger partial charge in [-0.2, -0.15) is 0 Å². The van der Waals surface area contributed by atoms with Crippen molar-refractivity contribution in [2.24, 2.45) is 5.92 Å². The number of carbonyl (C=O) groups is 2. The van der Waals surface area contributed by atoms with Gasteiger partial charge in [0.15, 0.2) is 0 Å². The monoisotopic (exact) mass is 285 g/mol. The average Bonchev–Trinajstić information content (AvgIpc) is 2.75. The Labute approximate surface area is 116 Å². The van der Waals surface area contributed by atoms with Crippen molar-refractivity contribution in [2.75, 3.05) is 13.7 Å². The second kappa shape index (κ2) is 7.13. The molecule has 0 aliphatic heterocycles. The van der Waals surface area contributed by atoms with E-state index in [9.17, 15) is 9.59 Å². The maximum Gasteiger partial charge on any atom is 0.308 e. The summed E-state index contributed by atoms with van der Waals surface area (Å²) in [5, 5.41) is 11.7. The van der Waals surface area contributed by atoms with Crippen LogP contribution in [0.2, 0.25) is 0 Å². The minimum absolute atomic E-state index is 0.141. The van der Waals surface area contributed by atoms with Crippen LogP contribution in [0.4, 0.5) is 0 Å². The summed E-state index contributed by atoms with van der Waals surface area (Å²) in [4.78, 5) is 24.5. The molecule has 0 aliphatic rings. The molecule has 5 nitrogen and oxygen atoms in total. The first-order valence-electron chi connectivity index (χ1n) is 6.15. The maximum absolute atomic E-state index is 12.0. The highest BCUT2D eigenvalue weighted by molar-refractivity contribution is 7.14. The number of carbonyl (C=O) groups excluding carboxylic acids is 1. The highest BCUT2D eigenvalue weighted by Crippen LogP contribution is 2.28. The van der Waals surface area contributed by atoms with Gasteiger partial charge in [-0.05, 0) is 19.4 Å². The Hall–Kier alpha value is -1.56. The number of aryl methyl sites for hydroxylation is 1. The van der Waals surface area contributed by atoms with E-state index < -0.39 is 11.9 Å². The zero-order valence-electron chi connectivity index (χ0n) is 11.4. The van der Waals surface area contributed by atoms with E-state index in [4.69, 9.17) is 9.84 Å². The molecule has 1 atom stereocenters. The van der Waals surface area contributed by atoms with E-state index in [0.717, 1.165) is 11.3 Å². The van der Waals surface area contributed by atoms with E-state index >= 15 is 0 Å². The molecule has 0 aromatic carbocycles. The molecule has 19 heavy (non-hydrogen) atoms.